The van der Waals surface area contributed by atoms with Crippen molar-refractivity contribution in [3.8, 4) is 0 Å². The molecule has 0 aliphatic heterocycles. The minimum Gasteiger partial charge on any atom is -0.392 e. The molecule has 0 aromatic carbocycles. The Labute approximate surface area is 82.8 Å². The van der Waals surface area contributed by atoms with Gasteiger partial charge in [-0.25, -0.2) is 4.98 Å². The quantitative estimate of drug-likeness (QED) is 0.750. The van der Waals surface area contributed by atoms with Gasteiger partial charge >= 0.3 is 0 Å². The third-order valence-electron chi connectivity index (χ3n) is 1.65. The first kappa shape index (κ1) is 10.6. The maximum Gasteiger partial charge on any atom is 0.0926 e. The van der Waals surface area contributed by atoms with Gasteiger partial charge in [0.15, 0.2) is 0 Å². The summed E-state index contributed by atoms with van der Waals surface area (Å²) in [5, 5.41) is 15.4. The Morgan fingerprint density at radius 1 is 1.69 bits per heavy atom. The molecule has 0 spiro atoms. The number of nitrogens with one attached hydrogen (secondary N) is 1. The number of hydrogen-bond donors (Lipinski definition) is 2. The second kappa shape index (κ2) is 5.32. The molecule has 1 aromatic rings. The van der Waals surface area contributed by atoms with E-state index in [0.29, 0.717) is 6.54 Å². The third-order valence-corrected chi connectivity index (χ3v) is 2.69. The molecule has 74 valence electrons. The van der Waals surface area contributed by atoms with E-state index in [1.807, 2.05) is 0 Å². The molecule has 1 rings (SSSR count). The molecule has 3 nitrogen and oxygen atoms in total. The van der Waals surface area contributed by atoms with Crippen LogP contribution in [0.25, 0.3) is 0 Å². The number of aliphatic hydroxyl groups excluding tert-OH is 1. The lowest BCUT2D eigenvalue weighted by molar-refractivity contribution is 0.191. The van der Waals surface area contributed by atoms with Gasteiger partial charge in [0.1, 0.15) is 0 Å². The Kier molecular flexibility index (Phi) is 4.35. The van der Waals surface area contributed by atoms with Crippen LogP contribution in [0.5, 0.6) is 0 Å². The maximum absolute atomic E-state index is 9.00. The molecule has 0 bridgehead atoms. The van der Waals surface area contributed by atoms with Crippen molar-refractivity contribution in [2.24, 2.45) is 0 Å². The van der Waals surface area contributed by atoms with Crippen molar-refractivity contribution in [3.05, 3.63) is 16.1 Å². The van der Waals surface area contributed by atoms with Gasteiger partial charge in [-0.15, -0.1) is 11.3 Å². The van der Waals surface area contributed by atoms with Crippen LogP contribution >= 0.6 is 11.3 Å². The molecule has 4 heteroatoms. The van der Waals surface area contributed by atoms with E-state index in [-0.39, 0.29) is 6.10 Å². The summed E-state index contributed by atoms with van der Waals surface area (Å²) >= 11 is 1.69. The Morgan fingerprint density at radius 3 is 3.00 bits per heavy atom. The SMILES string of the molecule is CCc1nc(CNC[C@H](C)O)cs1. The minimum absolute atomic E-state index is 0.288. The van der Waals surface area contributed by atoms with Crippen LogP contribution in [0.3, 0.4) is 0 Å². The van der Waals surface area contributed by atoms with E-state index in [1.54, 1.807) is 18.3 Å². The Balaban J connectivity index is 2.28. The summed E-state index contributed by atoms with van der Waals surface area (Å²) < 4.78 is 0. The van der Waals surface area contributed by atoms with Crippen molar-refractivity contribution < 1.29 is 5.11 Å². The highest BCUT2D eigenvalue weighted by atomic mass is 32.1. The van der Waals surface area contributed by atoms with Crippen LogP contribution in [0.1, 0.15) is 24.5 Å². The largest absolute Gasteiger partial charge is 0.392 e. The zero-order valence-corrected chi connectivity index (χ0v) is 8.90. The normalized spacial score (nSPS) is 13.2. The standard InChI is InChI=1S/C9H16N2OS/c1-3-9-11-8(6-13-9)5-10-4-7(2)12/h6-7,10,12H,3-5H2,1-2H3/t7-/m0/s1. The highest BCUT2D eigenvalue weighted by molar-refractivity contribution is 7.09. The number of hydrogen-bond acceptors (Lipinski definition) is 4. The van der Waals surface area contributed by atoms with Crippen molar-refractivity contribution in [3.63, 3.8) is 0 Å². The monoisotopic (exact) mass is 200 g/mol. The van der Waals surface area contributed by atoms with Crippen LogP contribution in [0.2, 0.25) is 0 Å². The van der Waals surface area contributed by atoms with Crippen molar-refractivity contribution >= 4 is 11.3 Å². The molecule has 0 radical (unpaired) electrons. The highest BCUT2D eigenvalue weighted by Crippen LogP contribution is 2.09. The first-order valence-electron chi connectivity index (χ1n) is 4.54. The molecule has 1 atom stereocenters. The van der Waals surface area contributed by atoms with Gasteiger partial charge in [-0.2, -0.15) is 0 Å². The van der Waals surface area contributed by atoms with Crippen LogP contribution in [0.4, 0.5) is 0 Å². The first-order valence-corrected chi connectivity index (χ1v) is 5.42. The van der Waals surface area contributed by atoms with E-state index in [9.17, 15) is 0 Å². The summed E-state index contributed by atoms with van der Waals surface area (Å²) in [5.74, 6) is 0. The zero-order valence-electron chi connectivity index (χ0n) is 8.08. The molecule has 0 fully saturated rings. The molecule has 13 heavy (non-hydrogen) atoms. The second-order valence-electron chi connectivity index (χ2n) is 3.07. The predicted molar refractivity (Wildman–Crippen MR) is 54.9 cm³/mol. The van der Waals surface area contributed by atoms with E-state index in [0.717, 1.165) is 18.7 Å². The van der Waals surface area contributed by atoms with Crippen molar-refractivity contribution in [1.82, 2.24) is 10.3 Å². The summed E-state index contributed by atoms with van der Waals surface area (Å²) in [6.07, 6.45) is 0.713. The topological polar surface area (TPSA) is 45.2 Å². The zero-order chi connectivity index (χ0) is 9.68. The van der Waals surface area contributed by atoms with E-state index >= 15 is 0 Å². The summed E-state index contributed by atoms with van der Waals surface area (Å²) in [5.41, 5.74) is 1.07. The Hall–Kier alpha value is -0.450. The maximum atomic E-state index is 9.00. The fraction of sp³-hybridized carbons (Fsp3) is 0.667. The smallest absolute Gasteiger partial charge is 0.0926 e. The number of thiazole rings is 1. The van der Waals surface area contributed by atoms with Crippen LogP contribution in [0, 0.1) is 0 Å². The van der Waals surface area contributed by atoms with E-state index in [2.05, 4.69) is 22.6 Å². The average molecular weight is 200 g/mol. The van der Waals surface area contributed by atoms with Gasteiger partial charge in [0.05, 0.1) is 16.8 Å². The number of aliphatic hydroxyl groups is 1. The molecule has 0 aliphatic rings. The molecule has 1 heterocycles. The van der Waals surface area contributed by atoms with Crippen molar-refractivity contribution in [2.45, 2.75) is 32.9 Å². The molecular formula is C9H16N2OS. The van der Waals surface area contributed by atoms with Gasteiger partial charge in [0, 0.05) is 18.5 Å². The highest BCUT2D eigenvalue weighted by Gasteiger charge is 2.00. The molecular weight excluding hydrogens is 184 g/mol. The summed E-state index contributed by atoms with van der Waals surface area (Å²) in [7, 11) is 0. The van der Waals surface area contributed by atoms with Gasteiger partial charge < -0.3 is 10.4 Å². The third kappa shape index (κ3) is 3.85. The number of nitrogens with zero attached hydrogens (tertiary/aromatic N) is 1. The van der Waals surface area contributed by atoms with Gasteiger partial charge in [0.25, 0.3) is 0 Å². The minimum atomic E-state index is -0.288. The average Bonchev–Trinajstić information content (AvgIpc) is 2.52. The summed E-state index contributed by atoms with van der Waals surface area (Å²) in [4.78, 5) is 4.40. The lowest BCUT2D eigenvalue weighted by Gasteiger charge is -2.04. The summed E-state index contributed by atoms with van der Waals surface area (Å²) in [6.45, 7) is 5.25. The molecule has 1 aromatic heterocycles. The van der Waals surface area contributed by atoms with Gasteiger partial charge in [-0.05, 0) is 13.3 Å². The number of rotatable bonds is 5. The lowest BCUT2D eigenvalue weighted by Crippen LogP contribution is -2.23. The summed E-state index contributed by atoms with van der Waals surface area (Å²) in [6, 6.07) is 0. The fourth-order valence-electron chi connectivity index (χ4n) is 1.00. The lowest BCUT2D eigenvalue weighted by atomic mass is 10.4. The molecule has 2 N–H and O–H groups in total. The first-order chi connectivity index (χ1) is 6.22. The van der Waals surface area contributed by atoms with E-state index in [1.165, 1.54) is 5.01 Å². The van der Waals surface area contributed by atoms with Crippen LogP contribution in [-0.2, 0) is 13.0 Å². The van der Waals surface area contributed by atoms with Crippen molar-refractivity contribution in [2.75, 3.05) is 6.54 Å². The molecule has 0 amide bonds. The number of aryl methyl sites for hydroxylation is 1. The molecule has 0 saturated carbocycles. The van der Waals surface area contributed by atoms with Gasteiger partial charge in [0.2, 0.25) is 0 Å². The van der Waals surface area contributed by atoms with Gasteiger partial charge in [-0.3, -0.25) is 0 Å². The van der Waals surface area contributed by atoms with Crippen LogP contribution in [-0.4, -0.2) is 22.7 Å². The van der Waals surface area contributed by atoms with E-state index in [4.69, 9.17) is 5.11 Å². The molecule has 0 aliphatic carbocycles. The molecule has 0 unspecified atom stereocenters. The fourth-order valence-corrected chi connectivity index (χ4v) is 1.75. The Morgan fingerprint density at radius 2 is 2.46 bits per heavy atom. The Bertz CT molecular complexity index is 248. The van der Waals surface area contributed by atoms with Crippen LogP contribution in [0.15, 0.2) is 5.38 Å². The van der Waals surface area contributed by atoms with Gasteiger partial charge in [-0.1, -0.05) is 6.92 Å². The van der Waals surface area contributed by atoms with Crippen molar-refractivity contribution in [1.29, 1.82) is 0 Å². The second-order valence-corrected chi connectivity index (χ2v) is 4.01. The molecule has 0 saturated heterocycles. The van der Waals surface area contributed by atoms with Crippen LogP contribution < -0.4 is 5.32 Å². The number of aromatic nitrogens is 1. The predicted octanol–water partition coefficient (Wildman–Crippen LogP) is 1.18. The van der Waals surface area contributed by atoms with E-state index < -0.39 is 0 Å².